The van der Waals surface area contributed by atoms with Gasteiger partial charge >= 0.3 is 0 Å². The largest absolute Gasteiger partial charge is 0.370 e. The zero-order valence-electron chi connectivity index (χ0n) is 12.9. The average Bonchev–Trinajstić information content (AvgIpc) is 3.33. The fraction of sp³-hybridized carbons (Fsp3) is 0.750. The first-order valence-corrected chi connectivity index (χ1v) is 7.97. The summed E-state index contributed by atoms with van der Waals surface area (Å²) in [6.07, 6.45) is 6.27. The minimum Gasteiger partial charge on any atom is -0.370 e. The van der Waals surface area contributed by atoms with Gasteiger partial charge in [0, 0.05) is 24.6 Å². The van der Waals surface area contributed by atoms with E-state index in [0.29, 0.717) is 11.3 Å². The molecule has 1 aromatic rings. The van der Waals surface area contributed by atoms with Gasteiger partial charge in [-0.25, -0.2) is 9.97 Å². The van der Waals surface area contributed by atoms with E-state index in [9.17, 15) is 0 Å². The van der Waals surface area contributed by atoms with E-state index in [0.717, 1.165) is 42.5 Å². The van der Waals surface area contributed by atoms with Gasteiger partial charge < -0.3 is 10.6 Å². The molecular formula is C16H26N4. The summed E-state index contributed by atoms with van der Waals surface area (Å²) in [5.41, 5.74) is 1.65. The van der Waals surface area contributed by atoms with E-state index in [2.05, 4.69) is 31.4 Å². The molecule has 3 rings (SSSR count). The molecular weight excluding hydrogens is 248 g/mol. The first-order chi connectivity index (χ1) is 9.61. The molecule has 20 heavy (non-hydrogen) atoms. The Hall–Kier alpha value is -1.32. The maximum absolute atomic E-state index is 4.77. The topological polar surface area (TPSA) is 49.8 Å². The van der Waals surface area contributed by atoms with Gasteiger partial charge in [0.1, 0.15) is 17.5 Å². The second-order valence-corrected chi connectivity index (χ2v) is 6.77. The van der Waals surface area contributed by atoms with Crippen molar-refractivity contribution in [2.45, 2.75) is 58.8 Å². The Labute approximate surface area is 121 Å². The Balaban J connectivity index is 1.79. The van der Waals surface area contributed by atoms with Crippen molar-refractivity contribution in [3.05, 3.63) is 11.4 Å². The van der Waals surface area contributed by atoms with E-state index in [1.807, 2.05) is 0 Å². The third-order valence-electron chi connectivity index (χ3n) is 4.43. The summed E-state index contributed by atoms with van der Waals surface area (Å²) in [6.45, 7) is 8.64. The molecule has 2 aliphatic rings. The number of anilines is 2. The van der Waals surface area contributed by atoms with E-state index in [1.165, 1.54) is 25.7 Å². The lowest BCUT2D eigenvalue weighted by molar-refractivity contribution is 0.608. The van der Waals surface area contributed by atoms with Crippen LogP contribution >= 0.6 is 0 Å². The van der Waals surface area contributed by atoms with Crippen LogP contribution in [0.1, 0.15) is 63.3 Å². The minimum absolute atomic E-state index is 0.494. The van der Waals surface area contributed by atoms with Crippen molar-refractivity contribution in [3.63, 3.8) is 0 Å². The number of nitrogens with zero attached hydrogens (tertiary/aromatic N) is 2. The molecule has 4 nitrogen and oxygen atoms in total. The quantitative estimate of drug-likeness (QED) is 0.796. The monoisotopic (exact) mass is 274 g/mol. The lowest BCUT2D eigenvalue weighted by atomic mass is 10.1. The fourth-order valence-corrected chi connectivity index (χ4v) is 2.33. The van der Waals surface area contributed by atoms with Gasteiger partial charge in [0.2, 0.25) is 0 Å². The molecule has 2 fully saturated rings. The van der Waals surface area contributed by atoms with Crippen molar-refractivity contribution in [2.24, 2.45) is 5.41 Å². The van der Waals surface area contributed by atoms with Crippen LogP contribution in [0.4, 0.5) is 11.6 Å². The summed E-state index contributed by atoms with van der Waals surface area (Å²) in [5.74, 6) is 3.67. The average molecular weight is 274 g/mol. The fourth-order valence-electron chi connectivity index (χ4n) is 2.33. The highest BCUT2D eigenvalue weighted by atomic mass is 15.1. The number of hydrogen-bond donors (Lipinski definition) is 2. The van der Waals surface area contributed by atoms with Crippen LogP contribution in [0.5, 0.6) is 0 Å². The molecule has 110 valence electrons. The van der Waals surface area contributed by atoms with Crippen LogP contribution in [0.15, 0.2) is 0 Å². The summed E-state index contributed by atoms with van der Waals surface area (Å²) >= 11 is 0. The first-order valence-electron chi connectivity index (χ1n) is 7.97. The van der Waals surface area contributed by atoms with Crippen molar-refractivity contribution < 1.29 is 0 Å². The molecule has 4 heteroatoms. The Morgan fingerprint density at radius 2 is 1.80 bits per heavy atom. The maximum atomic E-state index is 4.77. The van der Waals surface area contributed by atoms with Crippen LogP contribution in [0.25, 0.3) is 0 Å². The van der Waals surface area contributed by atoms with E-state index in [-0.39, 0.29) is 0 Å². The van der Waals surface area contributed by atoms with E-state index in [1.54, 1.807) is 0 Å². The van der Waals surface area contributed by atoms with Crippen LogP contribution < -0.4 is 10.6 Å². The van der Waals surface area contributed by atoms with Gasteiger partial charge in [-0.2, -0.15) is 0 Å². The maximum Gasteiger partial charge on any atom is 0.136 e. The van der Waals surface area contributed by atoms with Gasteiger partial charge in [-0.05, 0) is 44.4 Å². The van der Waals surface area contributed by atoms with Crippen LogP contribution in [0, 0.1) is 12.3 Å². The molecule has 0 aromatic carbocycles. The Kier molecular flexibility index (Phi) is 3.57. The lowest BCUT2D eigenvalue weighted by Crippen LogP contribution is -2.16. The highest BCUT2D eigenvalue weighted by Gasteiger charge is 2.37. The van der Waals surface area contributed by atoms with Gasteiger partial charge in [-0.1, -0.05) is 13.8 Å². The molecule has 0 amide bonds. The molecule has 2 saturated carbocycles. The number of hydrogen-bond acceptors (Lipinski definition) is 4. The number of rotatable bonds is 7. The van der Waals surface area contributed by atoms with E-state index < -0.39 is 0 Å². The summed E-state index contributed by atoms with van der Waals surface area (Å²) in [4.78, 5) is 9.50. The zero-order chi connectivity index (χ0) is 14.2. The van der Waals surface area contributed by atoms with Crippen molar-refractivity contribution >= 4 is 11.6 Å². The SMILES string of the molecule is CCCNc1nc(C2CC2)nc(NCC2(C)CC2)c1C. The Morgan fingerprint density at radius 1 is 1.15 bits per heavy atom. The molecule has 0 spiro atoms. The van der Waals surface area contributed by atoms with Gasteiger partial charge in [-0.3, -0.25) is 0 Å². The third-order valence-corrected chi connectivity index (χ3v) is 4.43. The standard InChI is InChI=1S/C16H26N4/c1-4-9-17-13-11(2)14(18-10-16(3)7-8-16)20-15(19-13)12-5-6-12/h12H,4-10H2,1-3H3,(H2,17,18,19,20). The highest BCUT2D eigenvalue weighted by Crippen LogP contribution is 2.45. The second kappa shape index (κ2) is 5.23. The molecule has 0 saturated heterocycles. The van der Waals surface area contributed by atoms with Gasteiger partial charge in [0.05, 0.1) is 0 Å². The molecule has 2 aliphatic carbocycles. The van der Waals surface area contributed by atoms with Crippen LogP contribution in [0.3, 0.4) is 0 Å². The molecule has 1 heterocycles. The van der Waals surface area contributed by atoms with Crippen molar-refractivity contribution in [3.8, 4) is 0 Å². The summed E-state index contributed by atoms with van der Waals surface area (Å²) in [7, 11) is 0. The third kappa shape index (κ3) is 3.05. The van der Waals surface area contributed by atoms with Gasteiger partial charge in [0.25, 0.3) is 0 Å². The van der Waals surface area contributed by atoms with Crippen LogP contribution in [-0.4, -0.2) is 23.1 Å². The molecule has 0 atom stereocenters. The summed E-state index contributed by atoms with van der Waals surface area (Å²) in [5, 5.41) is 7.01. The molecule has 2 N–H and O–H groups in total. The smallest absolute Gasteiger partial charge is 0.136 e. The predicted molar refractivity (Wildman–Crippen MR) is 83.4 cm³/mol. The van der Waals surface area contributed by atoms with Crippen molar-refractivity contribution in [1.29, 1.82) is 0 Å². The summed E-state index contributed by atoms with van der Waals surface area (Å²) in [6, 6.07) is 0. The second-order valence-electron chi connectivity index (χ2n) is 6.77. The van der Waals surface area contributed by atoms with Crippen molar-refractivity contribution in [2.75, 3.05) is 23.7 Å². The molecule has 0 aliphatic heterocycles. The molecule has 0 radical (unpaired) electrons. The number of nitrogens with one attached hydrogen (secondary N) is 2. The van der Waals surface area contributed by atoms with Gasteiger partial charge in [0.15, 0.2) is 0 Å². The summed E-state index contributed by atoms with van der Waals surface area (Å²) < 4.78 is 0. The first kappa shape index (κ1) is 13.7. The molecule has 0 unspecified atom stereocenters. The van der Waals surface area contributed by atoms with Crippen LogP contribution in [0.2, 0.25) is 0 Å². The van der Waals surface area contributed by atoms with E-state index in [4.69, 9.17) is 9.97 Å². The number of aromatic nitrogens is 2. The Bertz CT molecular complexity index is 489. The van der Waals surface area contributed by atoms with E-state index >= 15 is 0 Å². The van der Waals surface area contributed by atoms with Crippen molar-refractivity contribution in [1.82, 2.24) is 9.97 Å². The predicted octanol–water partition coefficient (Wildman–Crippen LogP) is 3.70. The molecule has 1 aromatic heterocycles. The Morgan fingerprint density at radius 3 is 2.35 bits per heavy atom. The lowest BCUT2D eigenvalue weighted by Gasteiger charge is -2.16. The van der Waals surface area contributed by atoms with Gasteiger partial charge in [-0.15, -0.1) is 0 Å². The normalized spacial score (nSPS) is 19.8. The highest BCUT2D eigenvalue weighted by molar-refractivity contribution is 5.57. The van der Waals surface area contributed by atoms with Crippen LogP contribution in [-0.2, 0) is 0 Å². The molecule has 0 bridgehead atoms. The zero-order valence-corrected chi connectivity index (χ0v) is 12.9. The minimum atomic E-state index is 0.494.